The molecule has 1 aromatic heterocycles. The van der Waals surface area contributed by atoms with Crippen LogP contribution in [0.5, 0.6) is 5.75 Å². The Morgan fingerprint density at radius 2 is 1.79 bits per heavy atom. The quantitative estimate of drug-likeness (QED) is 0.573. The third-order valence-corrected chi connectivity index (χ3v) is 4.04. The highest BCUT2D eigenvalue weighted by Gasteiger charge is 2.14. The number of carbonyl (C=O) groups excluding carboxylic acids is 1. The summed E-state index contributed by atoms with van der Waals surface area (Å²) >= 11 is 3.42. The van der Waals surface area contributed by atoms with Crippen molar-refractivity contribution in [1.29, 1.82) is 0 Å². The van der Waals surface area contributed by atoms with Crippen LogP contribution in [0.15, 0.2) is 77.4 Å². The van der Waals surface area contributed by atoms with E-state index in [0.717, 1.165) is 15.7 Å². The highest BCUT2D eigenvalue weighted by molar-refractivity contribution is 9.10. The molecule has 0 radical (unpaired) electrons. The third-order valence-electron chi connectivity index (χ3n) is 3.55. The van der Waals surface area contributed by atoms with Crippen molar-refractivity contribution in [1.82, 2.24) is 4.98 Å². The molecular weight excluding hydrogens is 366 g/mol. The van der Waals surface area contributed by atoms with Crippen molar-refractivity contribution in [2.75, 3.05) is 0 Å². The molecule has 24 heavy (non-hydrogen) atoms. The van der Waals surface area contributed by atoms with Gasteiger partial charge >= 0.3 is 0 Å². The lowest BCUT2D eigenvalue weighted by Gasteiger charge is -2.11. The van der Waals surface area contributed by atoms with Crippen LogP contribution >= 0.6 is 15.9 Å². The molecule has 0 saturated carbocycles. The topological polar surface area (TPSA) is 39.2 Å². The van der Waals surface area contributed by atoms with Crippen molar-refractivity contribution in [2.24, 2.45) is 0 Å². The Kier molecular flexibility index (Phi) is 5.39. The van der Waals surface area contributed by atoms with E-state index in [-0.39, 0.29) is 12.2 Å². The number of benzene rings is 2. The zero-order chi connectivity index (χ0) is 16.8. The van der Waals surface area contributed by atoms with Gasteiger partial charge in [-0.3, -0.25) is 9.78 Å². The predicted octanol–water partition coefficient (Wildman–Crippen LogP) is 4.85. The monoisotopic (exact) mass is 381 g/mol. The average molecular weight is 382 g/mol. The minimum Gasteiger partial charge on any atom is -0.488 e. The van der Waals surface area contributed by atoms with Gasteiger partial charge in [0.05, 0.1) is 12.0 Å². The highest BCUT2D eigenvalue weighted by atomic mass is 79.9. The number of ether oxygens (including phenoxy) is 1. The van der Waals surface area contributed by atoms with Crippen molar-refractivity contribution in [3.63, 3.8) is 0 Å². The fraction of sp³-hybridized carbons (Fsp3) is 0.100. The van der Waals surface area contributed by atoms with Gasteiger partial charge in [0.2, 0.25) is 0 Å². The van der Waals surface area contributed by atoms with E-state index in [0.29, 0.717) is 17.9 Å². The molecule has 2 aromatic carbocycles. The molecule has 1 heterocycles. The maximum absolute atomic E-state index is 12.7. The molecule has 0 unspecified atom stereocenters. The second kappa shape index (κ2) is 7.88. The number of halogens is 1. The van der Waals surface area contributed by atoms with Crippen LogP contribution in [0.2, 0.25) is 0 Å². The molecule has 0 amide bonds. The zero-order valence-electron chi connectivity index (χ0n) is 13.0. The first kappa shape index (κ1) is 16.4. The number of Topliss-reactive ketones (excluding diaryl/α,β-unsaturated/α-hetero) is 1. The van der Waals surface area contributed by atoms with Crippen LogP contribution in [-0.4, -0.2) is 10.8 Å². The second-order valence-electron chi connectivity index (χ2n) is 5.34. The molecule has 3 nitrogen and oxygen atoms in total. The summed E-state index contributed by atoms with van der Waals surface area (Å²) in [5, 5.41) is 0. The van der Waals surface area contributed by atoms with Crippen LogP contribution in [0, 0.1) is 0 Å². The molecule has 120 valence electrons. The van der Waals surface area contributed by atoms with E-state index in [1.165, 1.54) is 0 Å². The van der Waals surface area contributed by atoms with Crippen molar-refractivity contribution in [3.05, 3.63) is 94.2 Å². The second-order valence-corrected chi connectivity index (χ2v) is 6.25. The Morgan fingerprint density at radius 3 is 2.54 bits per heavy atom. The average Bonchev–Trinajstić information content (AvgIpc) is 2.62. The van der Waals surface area contributed by atoms with Crippen LogP contribution in [-0.2, 0) is 13.0 Å². The van der Waals surface area contributed by atoms with Crippen LogP contribution in [0.1, 0.15) is 21.6 Å². The van der Waals surface area contributed by atoms with E-state index in [4.69, 9.17) is 4.74 Å². The number of nitrogens with zero attached hydrogens (tertiary/aromatic N) is 1. The van der Waals surface area contributed by atoms with Crippen molar-refractivity contribution in [2.45, 2.75) is 13.0 Å². The lowest BCUT2D eigenvalue weighted by atomic mass is 10.1. The summed E-state index contributed by atoms with van der Waals surface area (Å²) in [6.07, 6.45) is 1.94. The molecule has 0 aliphatic rings. The number of ketones is 1. The molecule has 0 saturated heterocycles. The fourth-order valence-electron chi connectivity index (χ4n) is 2.34. The fourth-order valence-corrected chi connectivity index (χ4v) is 2.70. The van der Waals surface area contributed by atoms with Gasteiger partial charge in [0, 0.05) is 16.4 Å². The normalized spacial score (nSPS) is 10.4. The molecule has 0 atom stereocenters. The summed E-state index contributed by atoms with van der Waals surface area (Å²) < 4.78 is 6.72. The highest BCUT2D eigenvalue weighted by Crippen LogP contribution is 2.25. The van der Waals surface area contributed by atoms with Gasteiger partial charge in [-0.25, -0.2) is 0 Å². The van der Waals surface area contributed by atoms with Gasteiger partial charge in [-0.05, 0) is 35.9 Å². The molecular formula is C20H16BrNO2. The Bertz CT molecular complexity index is 820. The summed E-state index contributed by atoms with van der Waals surface area (Å²) in [6.45, 7) is 0.423. The summed E-state index contributed by atoms with van der Waals surface area (Å²) in [5.41, 5.74) is 2.37. The van der Waals surface area contributed by atoms with Crippen LogP contribution in [0.3, 0.4) is 0 Å². The Balaban J connectivity index is 1.79. The first-order chi connectivity index (χ1) is 11.7. The number of aromatic nitrogens is 1. The minimum atomic E-state index is -0.0157. The number of pyridine rings is 1. The maximum atomic E-state index is 12.7. The molecule has 0 N–H and O–H groups in total. The van der Waals surface area contributed by atoms with Gasteiger partial charge in [-0.15, -0.1) is 0 Å². The van der Waals surface area contributed by atoms with E-state index in [2.05, 4.69) is 20.9 Å². The maximum Gasteiger partial charge on any atom is 0.172 e. The Morgan fingerprint density at radius 1 is 1.00 bits per heavy atom. The van der Waals surface area contributed by atoms with Crippen LogP contribution < -0.4 is 4.74 Å². The smallest absolute Gasteiger partial charge is 0.172 e. The minimum absolute atomic E-state index is 0.0157. The molecule has 0 aliphatic heterocycles. The third kappa shape index (κ3) is 4.30. The Labute approximate surface area is 149 Å². The Hall–Kier alpha value is -2.46. The van der Waals surface area contributed by atoms with Gasteiger partial charge < -0.3 is 4.74 Å². The SMILES string of the molecule is O=C(Cc1ccccn1)c1cc(Br)ccc1OCc1ccccc1. The van der Waals surface area contributed by atoms with Gasteiger partial charge in [0.25, 0.3) is 0 Å². The van der Waals surface area contributed by atoms with Gasteiger partial charge in [-0.1, -0.05) is 52.3 Å². The summed E-state index contributed by atoms with van der Waals surface area (Å²) in [5.74, 6) is 0.570. The summed E-state index contributed by atoms with van der Waals surface area (Å²) in [6, 6.07) is 20.9. The van der Waals surface area contributed by atoms with E-state index >= 15 is 0 Å². The first-order valence-electron chi connectivity index (χ1n) is 7.62. The lowest BCUT2D eigenvalue weighted by Crippen LogP contribution is -2.08. The van der Waals surface area contributed by atoms with Crippen molar-refractivity contribution < 1.29 is 9.53 Å². The largest absolute Gasteiger partial charge is 0.488 e. The molecule has 0 aliphatic carbocycles. The zero-order valence-corrected chi connectivity index (χ0v) is 14.6. The van der Waals surface area contributed by atoms with Crippen molar-refractivity contribution in [3.8, 4) is 5.75 Å². The standard InChI is InChI=1S/C20H16BrNO2/c21-16-9-10-20(24-14-15-6-2-1-3-7-15)18(12-16)19(23)13-17-8-4-5-11-22-17/h1-12H,13-14H2. The number of hydrogen-bond donors (Lipinski definition) is 0. The molecule has 4 heteroatoms. The molecule has 0 fully saturated rings. The van der Waals surface area contributed by atoms with E-state index in [9.17, 15) is 4.79 Å². The predicted molar refractivity (Wildman–Crippen MR) is 97.2 cm³/mol. The molecule has 3 aromatic rings. The van der Waals surface area contributed by atoms with Gasteiger partial charge in [0.15, 0.2) is 5.78 Å². The summed E-state index contributed by atoms with van der Waals surface area (Å²) in [7, 11) is 0. The summed E-state index contributed by atoms with van der Waals surface area (Å²) in [4.78, 5) is 16.9. The van der Waals surface area contributed by atoms with E-state index in [1.54, 1.807) is 12.3 Å². The van der Waals surface area contributed by atoms with E-state index < -0.39 is 0 Å². The molecule has 3 rings (SSSR count). The van der Waals surface area contributed by atoms with Crippen LogP contribution in [0.25, 0.3) is 0 Å². The molecule has 0 bridgehead atoms. The van der Waals surface area contributed by atoms with Gasteiger partial charge in [0.1, 0.15) is 12.4 Å². The molecule has 0 spiro atoms. The van der Waals surface area contributed by atoms with Crippen molar-refractivity contribution >= 4 is 21.7 Å². The van der Waals surface area contributed by atoms with Crippen LogP contribution in [0.4, 0.5) is 0 Å². The van der Waals surface area contributed by atoms with Gasteiger partial charge in [-0.2, -0.15) is 0 Å². The number of hydrogen-bond acceptors (Lipinski definition) is 3. The first-order valence-corrected chi connectivity index (χ1v) is 8.41. The van der Waals surface area contributed by atoms with E-state index in [1.807, 2.05) is 60.7 Å². The number of rotatable bonds is 6. The lowest BCUT2D eigenvalue weighted by molar-refractivity contribution is 0.0987. The number of carbonyl (C=O) groups is 1.